The molecular weight excluding hydrogens is 324 g/mol. The smallest absolute Gasteiger partial charge is 0.262 e. The number of fused-ring (bicyclic) bond motifs is 1. The van der Waals surface area contributed by atoms with Crippen LogP contribution in [0.1, 0.15) is 5.56 Å². The van der Waals surface area contributed by atoms with Crippen LogP contribution in [0.4, 0.5) is 0 Å². The summed E-state index contributed by atoms with van der Waals surface area (Å²) >= 11 is 7.37. The first-order valence-corrected chi connectivity index (χ1v) is 7.97. The predicted molar refractivity (Wildman–Crippen MR) is 86.2 cm³/mol. The lowest BCUT2D eigenvalue weighted by molar-refractivity contribution is 0.271. The summed E-state index contributed by atoms with van der Waals surface area (Å²) in [7, 11) is 0. The number of nitrogens with zero attached hydrogens (tertiary/aromatic N) is 3. The minimum atomic E-state index is -0.234. The molecule has 0 aliphatic rings. The maximum absolute atomic E-state index is 12.0. The van der Waals surface area contributed by atoms with Crippen molar-refractivity contribution < 1.29 is 5.11 Å². The Balaban J connectivity index is 1.87. The van der Waals surface area contributed by atoms with Gasteiger partial charge < -0.3 is 10.1 Å². The molecule has 0 spiro atoms. The van der Waals surface area contributed by atoms with E-state index in [2.05, 4.69) is 15.1 Å². The maximum atomic E-state index is 12.0. The zero-order valence-corrected chi connectivity index (χ0v) is 13.1. The van der Waals surface area contributed by atoms with Gasteiger partial charge in [0.15, 0.2) is 10.8 Å². The summed E-state index contributed by atoms with van der Waals surface area (Å²) in [6.07, 6.45) is 1.46. The average molecular weight is 337 g/mol. The first-order valence-electron chi connectivity index (χ1n) is 6.61. The summed E-state index contributed by atoms with van der Waals surface area (Å²) in [5.74, 6) is 0.642. The summed E-state index contributed by atoms with van der Waals surface area (Å²) in [4.78, 5) is 19.2. The summed E-state index contributed by atoms with van der Waals surface area (Å²) in [6.45, 7) is 0.245. The van der Waals surface area contributed by atoms with Crippen molar-refractivity contribution in [2.75, 3.05) is 6.61 Å². The highest BCUT2D eigenvalue weighted by Gasteiger charge is 2.10. The average Bonchev–Trinajstić information content (AvgIpc) is 2.90. The molecule has 2 heterocycles. The molecule has 3 aromatic rings. The molecule has 1 aromatic carbocycles. The molecule has 0 bridgehead atoms. The molecule has 0 aliphatic heterocycles. The molecular formula is C14H13ClN4O2S. The fourth-order valence-electron chi connectivity index (χ4n) is 2.05. The minimum Gasteiger partial charge on any atom is -0.394 e. The largest absolute Gasteiger partial charge is 0.394 e. The standard InChI is InChI=1S/C14H13ClN4O2S/c15-10-3-1-2-9(6-10)8-22-14-17-12-11(13(21)18-14)7-16-19(12)4-5-20/h1-3,6-7,20H,4-5,8H2,(H,17,18,21). The van der Waals surface area contributed by atoms with Crippen molar-refractivity contribution in [1.29, 1.82) is 0 Å². The molecule has 0 saturated carbocycles. The van der Waals surface area contributed by atoms with Gasteiger partial charge in [0.05, 0.1) is 19.3 Å². The summed E-state index contributed by atoms with van der Waals surface area (Å²) in [5, 5.41) is 14.7. The molecule has 0 saturated heterocycles. The van der Waals surface area contributed by atoms with E-state index in [1.165, 1.54) is 22.6 Å². The second-order valence-electron chi connectivity index (χ2n) is 4.62. The van der Waals surface area contributed by atoms with Crippen LogP contribution in [0.2, 0.25) is 5.02 Å². The number of halogens is 1. The van der Waals surface area contributed by atoms with Gasteiger partial charge in [-0.1, -0.05) is 35.5 Å². The Morgan fingerprint density at radius 1 is 1.41 bits per heavy atom. The van der Waals surface area contributed by atoms with E-state index in [9.17, 15) is 4.79 Å². The highest BCUT2D eigenvalue weighted by Crippen LogP contribution is 2.21. The van der Waals surface area contributed by atoms with Crippen molar-refractivity contribution in [2.45, 2.75) is 17.5 Å². The molecule has 0 radical (unpaired) electrons. The lowest BCUT2D eigenvalue weighted by atomic mass is 10.2. The topological polar surface area (TPSA) is 83.8 Å². The van der Waals surface area contributed by atoms with Crippen LogP contribution in [0.15, 0.2) is 40.4 Å². The second kappa shape index (κ2) is 6.51. The van der Waals surface area contributed by atoms with E-state index < -0.39 is 0 Å². The lowest BCUT2D eigenvalue weighted by Crippen LogP contribution is -2.11. The Bertz CT molecular complexity index is 861. The number of thioether (sulfide) groups is 1. The van der Waals surface area contributed by atoms with Crippen molar-refractivity contribution in [3.63, 3.8) is 0 Å². The summed E-state index contributed by atoms with van der Waals surface area (Å²) in [5.41, 5.74) is 1.29. The fraction of sp³-hybridized carbons (Fsp3) is 0.214. The van der Waals surface area contributed by atoms with Crippen LogP contribution < -0.4 is 5.56 Å². The van der Waals surface area contributed by atoms with Crippen molar-refractivity contribution in [2.24, 2.45) is 0 Å². The van der Waals surface area contributed by atoms with Crippen LogP contribution in [-0.2, 0) is 12.3 Å². The number of nitrogens with one attached hydrogen (secondary N) is 1. The first kappa shape index (κ1) is 15.1. The number of hydrogen-bond donors (Lipinski definition) is 2. The molecule has 22 heavy (non-hydrogen) atoms. The van der Waals surface area contributed by atoms with Crippen LogP contribution in [0.3, 0.4) is 0 Å². The Kier molecular flexibility index (Phi) is 4.47. The van der Waals surface area contributed by atoms with E-state index in [1.807, 2.05) is 24.3 Å². The first-order chi connectivity index (χ1) is 10.7. The van der Waals surface area contributed by atoms with Gasteiger partial charge in [-0.25, -0.2) is 9.67 Å². The number of H-pyrrole nitrogens is 1. The zero-order valence-electron chi connectivity index (χ0n) is 11.5. The summed E-state index contributed by atoms with van der Waals surface area (Å²) in [6, 6.07) is 7.54. The van der Waals surface area contributed by atoms with Crippen molar-refractivity contribution in [3.8, 4) is 0 Å². The molecule has 0 atom stereocenters. The van der Waals surface area contributed by atoms with Gasteiger partial charge in [0.1, 0.15) is 5.39 Å². The Hall–Kier alpha value is -1.83. The molecule has 0 aliphatic carbocycles. The molecule has 8 heteroatoms. The van der Waals surface area contributed by atoms with E-state index in [-0.39, 0.29) is 12.2 Å². The van der Waals surface area contributed by atoms with E-state index in [0.717, 1.165) is 5.56 Å². The highest BCUT2D eigenvalue weighted by atomic mass is 35.5. The normalized spacial score (nSPS) is 11.2. The minimum absolute atomic E-state index is 0.0593. The molecule has 2 aromatic heterocycles. The van der Waals surface area contributed by atoms with Crippen LogP contribution in [0.25, 0.3) is 11.0 Å². The molecule has 0 fully saturated rings. The number of rotatable bonds is 5. The SMILES string of the molecule is O=c1[nH]c(SCc2cccc(Cl)c2)nc2c1cnn2CCO. The van der Waals surface area contributed by atoms with Gasteiger partial charge in [0.2, 0.25) is 0 Å². The van der Waals surface area contributed by atoms with Gasteiger partial charge in [-0.3, -0.25) is 4.79 Å². The molecule has 0 amide bonds. The number of aromatic amines is 1. The van der Waals surface area contributed by atoms with Crippen molar-refractivity contribution >= 4 is 34.4 Å². The number of benzene rings is 1. The third-order valence-corrected chi connectivity index (χ3v) is 4.24. The number of aliphatic hydroxyl groups excluding tert-OH is 1. The number of aliphatic hydroxyl groups is 1. The van der Waals surface area contributed by atoms with E-state index in [4.69, 9.17) is 16.7 Å². The van der Waals surface area contributed by atoms with Gasteiger partial charge in [-0.15, -0.1) is 0 Å². The molecule has 6 nitrogen and oxygen atoms in total. The van der Waals surface area contributed by atoms with Gasteiger partial charge in [0.25, 0.3) is 5.56 Å². The lowest BCUT2D eigenvalue weighted by Gasteiger charge is -2.04. The van der Waals surface area contributed by atoms with Crippen LogP contribution >= 0.6 is 23.4 Å². The van der Waals surface area contributed by atoms with Crippen molar-refractivity contribution in [3.05, 3.63) is 51.4 Å². The van der Waals surface area contributed by atoms with Crippen molar-refractivity contribution in [1.82, 2.24) is 19.7 Å². The molecule has 0 unspecified atom stereocenters. The molecule has 2 N–H and O–H groups in total. The summed E-state index contributed by atoms with van der Waals surface area (Å²) < 4.78 is 1.52. The number of hydrogen-bond acceptors (Lipinski definition) is 5. The maximum Gasteiger partial charge on any atom is 0.262 e. The van der Waals surface area contributed by atoms with Gasteiger partial charge in [0, 0.05) is 10.8 Å². The Morgan fingerprint density at radius 2 is 2.27 bits per heavy atom. The Labute approximate surface area is 135 Å². The monoisotopic (exact) mass is 336 g/mol. The molecule has 3 rings (SSSR count). The van der Waals surface area contributed by atoms with Gasteiger partial charge >= 0.3 is 0 Å². The fourth-order valence-corrected chi connectivity index (χ4v) is 3.06. The van der Waals surface area contributed by atoms with Crippen LogP contribution in [0, 0.1) is 0 Å². The molecule has 114 valence electrons. The Morgan fingerprint density at radius 3 is 3.05 bits per heavy atom. The van der Waals surface area contributed by atoms with E-state index >= 15 is 0 Å². The quantitative estimate of drug-likeness (QED) is 0.550. The van der Waals surface area contributed by atoms with Gasteiger partial charge in [-0.05, 0) is 17.7 Å². The third kappa shape index (κ3) is 3.16. The predicted octanol–water partition coefficient (Wildman–Crippen LogP) is 2.06. The van der Waals surface area contributed by atoms with Crippen LogP contribution in [-0.4, -0.2) is 31.5 Å². The zero-order chi connectivity index (χ0) is 15.5. The number of aromatic nitrogens is 4. The van der Waals surface area contributed by atoms with E-state index in [0.29, 0.717) is 33.5 Å². The third-order valence-electron chi connectivity index (χ3n) is 3.06. The van der Waals surface area contributed by atoms with Gasteiger partial charge in [-0.2, -0.15) is 5.10 Å². The second-order valence-corrected chi connectivity index (χ2v) is 6.02. The van der Waals surface area contributed by atoms with Crippen LogP contribution in [0.5, 0.6) is 0 Å². The van der Waals surface area contributed by atoms with E-state index in [1.54, 1.807) is 0 Å². The highest BCUT2D eigenvalue weighted by molar-refractivity contribution is 7.98.